The van der Waals surface area contributed by atoms with Crippen LogP contribution in [-0.2, 0) is 0 Å². The third-order valence-electron chi connectivity index (χ3n) is 2.54. The predicted octanol–water partition coefficient (Wildman–Crippen LogP) is 3.12. The van der Waals surface area contributed by atoms with Crippen molar-refractivity contribution in [3.8, 4) is 27.9 Å². The van der Waals surface area contributed by atoms with Gasteiger partial charge in [-0.3, -0.25) is 0 Å². The van der Waals surface area contributed by atoms with Gasteiger partial charge in [-0.15, -0.1) is 5.10 Å². The molecule has 1 N–H and O–H groups in total. The van der Waals surface area contributed by atoms with Crippen LogP contribution in [0.3, 0.4) is 0 Å². The Morgan fingerprint density at radius 1 is 1.21 bits per heavy atom. The first-order valence-electron chi connectivity index (χ1n) is 5.32. The van der Waals surface area contributed by atoms with E-state index < -0.39 is 0 Å². The summed E-state index contributed by atoms with van der Waals surface area (Å²) in [5, 5.41) is 19.8. The molecule has 0 saturated carbocycles. The molecular formula is C12H6ClN5S. The summed E-state index contributed by atoms with van der Waals surface area (Å²) >= 11 is 7.13. The molecule has 0 amide bonds. The lowest BCUT2D eigenvalue weighted by atomic mass is 10.1. The topological polar surface area (TPSA) is 78.2 Å². The molecular weight excluding hydrogens is 282 g/mol. The van der Waals surface area contributed by atoms with Crippen LogP contribution in [0.1, 0.15) is 5.69 Å². The maximum atomic E-state index is 8.92. The Kier molecular flexibility index (Phi) is 2.99. The maximum absolute atomic E-state index is 8.92. The lowest BCUT2D eigenvalue weighted by molar-refractivity contribution is 0.937. The predicted molar refractivity (Wildman–Crippen MR) is 72.7 cm³/mol. The van der Waals surface area contributed by atoms with Crippen molar-refractivity contribution < 1.29 is 0 Å². The molecule has 0 unspecified atom stereocenters. The largest absolute Gasteiger partial charge is 0.196 e. The van der Waals surface area contributed by atoms with E-state index in [1.165, 1.54) is 11.5 Å². The fraction of sp³-hybridized carbons (Fsp3) is 0. The Morgan fingerprint density at radius 2 is 2.00 bits per heavy atom. The molecule has 3 rings (SSSR count). The number of H-pyrrole nitrogens is 1. The van der Waals surface area contributed by atoms with Crippen LogP contribution in [0.25, 0.3) is 21.8 Å². The van der Waals surface area contributed by atoms with Gasteiger partial charge in [0.15, 0.2) is 5.69 Å². The lowest BCUT2D eigenvalue weighted by Crippen LogP contribution is -1.78. The van der Waals surface area contributed by atoms with E-state index in [0.717, 1.165) is 16.1 Å². The van der Waals surface area contributed by atoms with E-state index >= 15 is 0 Å². The molecule has 0 atom stereocenters. The Bertz CT molecular complexity index is 753. The number of nitrogens with one attached hydrogen (secondary N) is 1. The average Bonchev–Trinajstić information content (AvgIpc) is 3.07. The van der Waals surface area contributed by atoms with Crippen molar-refractivity contribution in [2.45, 2.75) is 0 Å². The average molecular weight is 288 g/mol. The van der Waals surface area contributed by atoms with Crippen molar-refractivity contribution in [1.29, 1.82) is 5.26 Å². The first-order valence-corrected chi connectivity index (χ1v) is 6.47. The van der Waals surface area contributed by atoms with Gasteiger partial charge in [-0.1, -0.05) is 23.7 Å². The number of hydrogen-bond acceptors (Lipinski definition) is 5. The summed E-state index contributed by atoms with van der Waals surface area (Å²) in [6.07, 6.45) is 0. The molecule has 19 heavy (non-hydrogen) atoms. The Balaban J connectivity index is 2.00. The highest BCUT2D eigenvalue weighted by atomic mass is 35.5. The van der Waals surface area contributed by atoms with Crippen molar-refractivity contribution >= 4 is 23.1 Å². The maximum Gasteiger partial charge on any atom is 0.191 e. The second-order valence-electron chi connectivity index (χ2n) is 3.72. The zero-order valence-corrected chi connectivity index (χ0v) is 11.0. The summed E-state index contributed by atoms with van der Waals surface area (Å²) < 4.78 is 4.35. The van der Waals surface area contributed by atoms with Gasteiger partial charge in [0.1, 0.15) is 11.8 Å². The summed E-state index contributed by atoms with van der Waals surface area (Å²) in [6, 6.07) is 11.3. The van der Waals surface area contributed by atoms with Crippen LogP contribution in [0.15, 0.2) is 30.3 Å². The van der Waals surface area contributed by atoms with Crippen LogP contribution in [-0.4, -0.2) is 19.8 Å². The third-order valence-corrected chi connectivity index (χ3v) is 3.59. The van der Waals surface area contributed by atoms with E-state index in [-0.39, 0.29) is 5.69 Å². The number of hydrogen-bond donors (Lipinski definition) is 1. The van der Waals surface area contributed by atoms with Gasteiger partial charge < -0.3 is 0 Å². The number of aromatic nitrogens is 4. The second kappa shape index (κ2) is 4.80. The van der Waals surface area contributed by atoms with Crippen molar-refractivity contribution in [3.05, 3.63) is 41.0 Å². The van der Waals surface area contributed by atoms with E-state index in [2.05, 4.69) is 19.8 Å². The van der Waals surface area contributed by atoms with E-state index in [1.807, 2.05) is 36.4 Å². The number of benzene rings is 1. The van der Waals surface area contributed by atoms with Crippen molar-refractivity contribution in [1.82, 2.24) is 19.8 Å². The Labute approximate surface area is 117 Å². The molecule has 2 aromatic heterocycles. The van der Waals surface area contributed by atoms with Crippen molar-refractivity contribution in [2.24, 2.45) is 0 Å². The summed E-state index contributed by atoms with van der Waals surface area (Å²) in [4.78, 5) is 0.801. The van der Waals surface area contributed by atoms with Crippen LogP contribution in [0.4, 0.5) is 0 Å². The highest BCUT2D eigenvalue weighted by molar-refractivity contribution is 7.09. The van der Waals surface area contributed by atoms with Gasteiger partial charge in [-0.05, 0) is 29.7 Å². The molecule has 0 radical (unpaired) electrons. The zero-order chi connectivity index (χ0) is 13.2. The number of nitriles is 1. The van der Waals surface area contributed by atoms with Crippen molar-refractivity contribution in [3.63, 3.8) is 0 Å². The molecule has 0 saturated heterocycles. The first-order chi connectivity index (χ1) is 9.28. The Hall–Kier alpha value is -2.23. The number of nitrogens with zero attached hydrogens (tertiary/aromatic N) is 4. The van der Waals surface area contributed by atoms with Gasteiger partial charge in [-0.2, -0.15) is 19.9 Å². The SMILES string of the molecule is N#Cc1n[nH]nc1-c1cc(-c2ccc(Cl)cc2)ns1. The van der Waals surface area contributed by atoms with Crippen LogP contribution >= 0.6 is 23.1 Å². The molecule has 1 aromatic carbocycles. The first kappa shape index (κ1) is 11.8. The molecule has 0 aliphatic heterocycles. The Morgan fingerprint density at radius 3 is 2.74 bits per heavy atom. The number of halogens is 1. The third kappa shape index (κ3) is 2.21. The minimum atomic E-state index is 0.270. The van der Waals surface area contributed by atoms with E-state index in [0.29, 0.717) is 10.7 Å². The quantitative estimate of drug-likeness (QED) is 0.785. The summed E-state index contributed by atoms with van der Waals surface area (Å²) in [5.74, 6) is 0. The summed E-state index contributed by atoms with van der Waals surface area (Å²) in [5.41, 5.74) is 2.59. The molecule has 5 nitrogen and oxygen atoms in total. The van der Waals surface area contributed by atoms with Crippen LogP contribution in [0.5, 0.6) is 0 Å². The highest BCUT2D eigenvalue weighted by Crippen LogP contribution is 2.30. The van der Waals surface area contributed by atoms with Gasteiger partial charge in [0.05, 0.1) is 10.6 Å². The summed E-state index contributed by atoms with van der Waals surface area (Å²) in [7, 11) is 0. The second-order valence-corrected chi connectivity index (χ2v) is 4.96. The fourth-order valence-corrected chi connectivity index (χ4v) is 2.50. The van der Waals surface area contributed by atoms with E-state index in [1.54, 1.807) is 0 Å². The van der Waals surface area contributed by atoms with Gasteiger partial charge >= 0.3 is 0 Å². The monoisotopic (exact) mass is 287 g/mol. The number of aromatic amines is 1. The molecule has 7 heteroatoms. The van der Waals surface area contributed by atoms with Crippen LogP contribution in [0, 0.1) is 11.3 Å². The van der Waals surface area contributed by atoms with Gasteiger partial charge in [0, 0.05) is 10.6 Å². The minimum absolute atomic E-state index is 0.270. The summed E-state index contributed by atoms with van der Waals surface area (Å²) in [6.45, 7) is 0. The van der Waals surface area contributed by atoms with Crippen LogP contribution < -0.4 is 0 Å². The minimum Gasteiger partial charge on any atom is -0.196 e. The standard InChI is InChI=1S/C12H6ClN5S/c13-8-3-1-7(2-4-8)9-5-11(19-17-9)12-10(6-14)15-18-16-12/h1-5H,(H,15,16,18). The van der Waals surface area contributed by atoms with E-state index in [9.17, 15) is 0 Å². The number of rotatable bonds is 2. The zero-order valence-electron chi connectivity index (χ0n) is 9.46. The molecule has 0 spiro atoms. The molecule has 92 valence electrons. The molecule has 0 bridgehead atoms. The molecule has 0 aliphatic rings. The van der Waals surface area contributed by atoms with Gasteiger partial charge in [-0.25, -0.2) is 0 Å². The van der Waals surface area contributed by atoms with Gasteiger partial charge in [0.2, 0.25) is 0 Å². The normalized spacial score (nSPS) is 10.3. The highest BCUT2D eigenvalue weighted by Gasteiger charge is 2.13. The van der Waals surface area contributed by atoms with Crippen LogP contribution in [0.2, 0.25) is 5.02 Å². The molecule has 0 aliphatic carbocycles. The fourth-order valence-electron chi connectivity index (χ4n) is 1.62. The molecule has 2 heterocycles. The smallest absolute Gasteiger partial charge is 0.191 e. The van der Waals surface area contributed by atoms with Crippen molar-refractivity contribution in [2.75, 3.05) is 0 Å². The lowest BCUT2D eigenvalue weighted by Gasteiger charge is -1.95. The van der Waals surface area contributed by atoms with Gasteiger partial charge in [0.25, 0.3) is 0 Å². The molecule has 3 aromatic rings. The van der Waals surface area contributed by atoms with E-state index in [4.69, 9.17) is 16.9 Å². The molecule has 0 fully saturated rings.